The Morgan fingerprint density at radius 1 is 1.27 bits per heavy atom. The number of aromatic nitrogens is 2. The Morgan fingerprint density at radius 2 is 2.12 bits per heavy atom. The predicted octanol–water partition coefficient (Wildman–Crippen LogP) is 4.29. The van der Waals surface area contributed by atoms with Gasteiger partial charge < -0.3 is 14.2 Å². The van der Waals surface area contributed by atoms with Crippen molar-refractivity contribution in [2.24, 2.45) is 0 Å². The summed E-state index contributed by atoms with van der Waals surface area (Å²) in [6.45, 7) is 7.04. The van der Waals surface area contributed by atoms with Crippen molar-refractivity contribution >= 4 is 22.5 Å². The summed E-state index contributed by atoms with van der Waals surface area (Å²) in [4.78, 5) is 6.71. The molecule has 5 rings (SSSR count). The summed E-state index contributed by atoms with van der Waals surface area (Å²) < 4.78 is 9.05. The van der Waals surface area contributed by atoms with Gasteiger partial charge in [-0.25, -0.2) is 0 Å². The minimum Gasteiger partial charge on any atom is -0.479 e. The van der Waals surface area contributed by atoms with E-state index in [1.165, 1.54) is 22.2 Å². The molecule has 4 heterocycles. The van der Waals surface area contributed by atoms with Crippen LogP contribution in [-0.2, 0) is 25.1 Å². The van der Waals surface area contributed by atoms with E-state index in [1.54, 1.807) is 0 Å². The molecule has 0 fully saturated rings. The zero-order valence-corrected chi connectivity index (χ0v) is 16.1. The summed E-state index contributed by atoms with van der Waals surface area (Å²) in [7, 11) is 2.18. The molecule has 1 unspecified atom stereocenters. The maximum absolute atomic E-state index is 6.57. The van der Waals surface area contributed by atoms with Gasteiger partial charge in [-0.2, -0.15) is 0 Å². The monoisotopic (exact) mass is 367 g/mol. The van der Waals surface area contributed by atoms with Gasteiger partial charge in [0.1, 0.15) is 11.4 Å². The molecular formula is C21H22ClN3O. The molecule has 134 valence electrons. The van der Waals surface area contributed by atoms with Crippen molar-refractivity contribution in [3.8, 4) is 5.75 Å². The van der Waals surface area contributed by atoms with Gasteiger partial charge in [-0.05, 0) is 44.7 Å². The molecule has 0 saturated heterocycles. The minimum absolute atomic E-state index is 0.436. The van der Waals surface area contributed by atoms with E-state index in [4.69, 9.17) is 16.3 Å². The van der Waals surface area contributed by atoms with E-state index in [9.17, 15) is 0 Å². The van der Waals surface area contributed by atoms with Gasteiger partial charge in [-0.1, -0.05) is 11.6 Å². The highest BCUT2D eigenvalue weighted by Crippen LogP contribution is 2.45. The lowest BCUT2D eigenvalue weighted by Crippen LogP contribution is -2.38. The number of halogens is 1. The van der Waals surface area contributed by atoms with Crippen molar-refractivity contribution in [2.45, 2.75) is 39.0 Å². The molecule has 3 aromatic rings. The summed E-state index contributed by atoms with van der Waals surface area (Å²) >= 11 is 6.47. The van der Waals surface area contributed by atoms with E-state index in [2.05, 4.69) is 46.6 Å². The fourth-order valence-corrected chi connectivity index (χ4v) is 4.71. The first kappa shape index (κ1) is 16.2. The van der Waals surface area contributed by atoms with Crippen LogP contribution in [0.3, 0.4) is 0 Å². The number of rotatable bonds is 1. The molecule has 0 amide bonds. The van der Waals surface area contributed by atoms with E-state index >= 15 is 0 Å². The van der Waals surface area contributed by atoms with Crippen LogP contribution in [0.25, 0.3) is 10.9 Å². The van der Waals surface area contributed by atoms with Gasteiger partial charge in [-0.15, -0.1) is 0 Å². The third kappa shape index (κ3) is 2.29. The number of fused-ring (bicyclic) bond motifs is 3. The minimum atomic E-state index is -0.436. The number of hydrogen-bond acceptors (Lipinski definition) is 3. The number of ether oxygens (including phenoxy) is 1. The van der Waals surface area contributed by atoms with Crippen molar-refractivity contribution in [1.29, 1.82) is 0 Å². The average molecular weight is 368 g/mol. The van der Waals surface area contributed by atoms with Gasteiger partial charge >= 0.3 is 0 Å². The number of nitrogens with zero attached hydrogens (tertiary/aromatic N) is 3. The fourth-order valence-electron chi connectivity index (χ4n) is 4.50. The number of pyridine rings is 1. The molecule has 1 aromatic carbocycles. The molecule has 2 aliphatic rings. The van der Waals surface area contributed by atoms with E-state index in [0.29, 0.717) is 0 Å². The Balaban J connectivity index is 1.74. The topological polar surface area (TPSA) is 30.3 Å². The molecule has 2 aromatic heterocycles. The zero-order valence-electron chi connectivity index (χ0n) is 15.3. The van der Waals surface area contributed by atoms with Crippen LogP contribution in [0.5, 0.6) is 5.75 Å². The van der Waals surface area contributed by atoms with Crippen LogP contribution in [-0.4, -0.2) is 28.0 Å². The van der Waals surface area contributed by atoms with E-state index < -0.39 is 5.60 Å². The van der Waals surface area contributed by atoms with E-state index in [1.807, 2.05) is 19.2 Å². The van der Waals surface area contributed by atoms with Crippen LogP contribution < -0.4 is 4.74 Å². The maximum atomic E-state index is 6.57. The third-order valence-corrected chi connectivity index (χ3v) is 5.99. The Labute approximate surface area is 158 Å². The van der Waals surface area contributed by atoms with Crippen LogP contribution in [0, 0.1) is 6.92 Å². The molecule has 1 atom stereocenters. The first-order valence-corrected chi connectivity index (χ1v) is 9.46. The van der Waals surface area contributed by atoms with Crippen LogP contribution in [0.2, 0.25) is 5.02 Å². The van der Waals surface area contributed by atoms with Gasteiger partial charge in [0.15, 0.2) is 0 Å². The van der Waals surface area contributed by atoms with E-state index in [-0.39, 0.29) is 0 Å². The molecule has 0 spiro atoms. The molecular weight excluding hydrogens is 346 g/mol. The summed E-state index contributed by atoms with van der Waals surface area (Å²) in [5.74, 6) is 0.882. The molecule has 0 N–H and O–H groups in total. The molecule has 2 aliphatic heterocycles. The Bertz CT molecular complexity index is 1040. The number of benzene rings is 1. The van der Waals surface area contributed by atoms with Gasteiger partial charge in [0, 0.05) is 59.1 Å². The lowest BCUT2D eigenvalue weighted by Gasteiger charge is -2.37. The highest BCUT2D eigenvalue weighted by Gasteiger charge is 2.38. The molecule has 26 heavy (non-hydrogen) atoms. The third-order valence-electron chi connectivity index (χ3n) is 5.77. The van der Waals surface area contributed by atoms with Crippen LogP contribution in [0.1, 0.15) is 29.4 Å². The highest BCUT2D eigenvalue weighted by atomic mass is 35.5. The van der Waals surface area contributed by atoms with Gasteiger partial charge in [-0.3, -0.25) is 4.98 Å². The standard InChI is InChI=1S/C21H22ClN3O/c1-13-8-14(4-6-23-13)21(2)12-25-18-5-7-24(3)11-17(18)16-9-15(22)10-19(26-21)20(16)25/h4,6,8-10H,5,7,11-12H2,1-3H3. The second kappa shape index (κ2) is 5.48. The lowest BCUT2D eigenvalue weighted by molar-refractivity contribution is 0.0578. The van der Waals surface area contributed by atoms with Crippen LogP contribution in [0.4, 0.5) is 0 Å². The van der Waals surface area contributed by atoms with Gasteiger partial charge in [0.2, 0.25) is 0 Å². The number of hydrogen-bond donors (Lipinski definition) is 0. The summed E-state index contributed by atoms with van der Waals surface area (Å²) in [5, 5.41) is 1.97. The lowest BCUT2D eigenvalue weighted by atomic mass is 9.94. The highest BCUT2D eigenvalue weighted by molar-refractivity contribution is 6.31. The van der Waals surface area contributed by atoms with Gasteiger partial charge in [0.25, 0.3) is 0 Å². The quantitative estimate of drug-likeness (QED) is 0.642. The van der Waals surface area contributed by atoms with Gasteiger partial charge in [0.05, 0.1) is 12.1 Å². The summed E-state index contributed by atoms with van der Waals surface area (Å²) in [5.41, 5.74) is 5.75. The SMILES string of the molecule is Cc1cc(C2(C)Cn3c4c(c5cc(Cl)cc(c53)O2)CN(C)CC4)ccn1. The zero-order chi connectivity index (χ0) is 18.1. The Hall–Kier alpha value is -2.04. The second-order valence-electron chi connectivity index (χ2n) is 7.82. The van der Waals surface area contributed by atoms with Crippen LogP contribution >= 0.6 is 11.6 Å². The molecule has 0 saturated carbocycles. The van der Waals surface area contributed by atoms with Crippen molar-refractivity contribution in [1.82, 2.24) is 14.5 Å². The van der Waals surface area contributed by atoms with Crippen molar-refractivity contribution in [3.05, 3.63) is 58.0 Å². The molecule has 0 bridgehead atoms. The molecule has 0 aliphatic carbocycles. The smallest absolute Gasteiger partial charge is 0.149 e. The average Bonchev–Trinajstić information content (AvgIpc) is 2.88. The largest absolute Gasteiger partial charge is 0.479 e. The summed E-state index contributed by atoms with van der Waals surface area (Å²) in [6.07, 6.45) is 2.92. The summed E-state index contributed by atoms with van der Waals surface area (Å²) in [6, 6.07) is 8.23. The van der Waals surface area contributed by atoms with Crippen LogP contribution in [0.15, 0.2) is 30.5 Å². The molecule has 5 heteroatoms. The normalized spacial score (nSPS) is 22.3. The molecule has 4 nitrogen and oxygen atoms in total. The first-order chi connectivity index (χ1) is 12.4. The first-order valence-electron chi connectivity index (χ1n) is 9.09. The van der Waals surface area contributed by atoms with E-state index in [0.717, 1.165) is 48.1 Å². The van der Waals surface area contributed by atoms with Crippen molar-refractivity contribution < 1.29 is 4.74 Å². The molecule has 0 radical (unpaired) electrons. The Morgan fingerprint density at radius 3 is 2.92 bits per heavy atom. The predicted molar refractivity (Wildman–Crippen MR) is 104 cm³/mol. The second-order valence-corrected chi connectivity index (χ2v) is 8.25. The number of likely N-dealkylation sites (N-methyl/N-ethyl adjacent to an activating group) is 1. The fraction of sp³-hybridized carbons (Fsp3) is 0.381. The van der Waals surface area contributed by atoms with Crippen molar-refractivity contribution in [2.75, 3.05) is 13.6 Å². The maximum Gasteiger partial charge on any atom is 0.149 e. The Kier molecular flexibility index (Phi) is 3.40. The number of aryl methyl sites for hydroxylation is 1. The van der Waals surface area contributed by atoms with Crippen molar-refractivity contribution in [3.63, 3.8) is 0 Å².